The first-order valence-electron chi connectivity index (χ1n) is 6.50. The third kappa shape index (κ3) is 5.45. The van der Waals surface area contributed by atoms with Gasteiger partial charge in [0.05, 0.1) is 11.4 Å². The van der Waals surface area contributed by atoms with E-state index in [1.165, 1.54) is 0 Å². The Morgan fingerprint density at radius 3 is 2.36 bits per heavy atom. The Hall–Kier alpha value is -1.93. The number of hydrogen-bond donors (Lipinski definition) is 3. The second kappa shape index (κ2) is 7.90. The molecule has 0 aliphatic rings. The molecule has 0 fully saturated rings. The maximum Gasteiger partial charge on any atom is 0.216 e. The molecule has 0 atom stereocenters. The monoisotopic (exact) mass is 324 g/mol. The molecule has 0 radical (unpaired) electrons. The van der Waals surface area contributed by atoms with Crippen LogP contribution in [0.25, 0.3) is 0 Å². The van der Waals surface area contributed by atoms with Gasteiger partial charge >= 0.3 is 0 Å². The predicted molar refractivity (Wildman–Crippen MR) is 86.1 cm³/mol. The molecule has 0 saturated carbocycles. The third-order valence-electron chi connectivity index (χ3n) is 3.03. The lowest BCUT2D eigenvalue weighted by atomic mass is 10.2. The van der Waals surface area contributed by atoms with E-state index in [0.29, 0.717) is 11.3 Å². The molecule has 0 aromatic heterocycles. The van der Waals surface area contributed by atoms with Gasteiger partial charge in [-0.05, 0) is 30.2 Å². The summed E-state index contributed by atoms with van der Waals surface area (Å²) in [5.41, 5.74) is 5.11. The Balaban J connectivity index is 0.00000242. The largest absolute Gasteiger partial charge is 0.412 e. The van der Waals surface area contributed by atoms with E-state index in [4.69, 9.17) is 5.21 Å². The fraction of sp³-hybridized carbons (Fsp3) is 0.200. The van der Waals surface area contributed by atoms with Crippen molar-refractivity contribution in [3.05, 3.63) is 65.2 Å². The van der Waals surface area contributed by atoms with Crippen molar-refractivity contribution < 1.29 is 19.1 Å². The summed E-state index contributed by atoms with van der Waals surface area (Å²) < 4.78 is 26.7. The first kappa shape index (κ1) is 18.1. The van der Waals surface area contributed by atoms with E-state index in [1.54, 1.807) is 24.3 Å². The molecule has 120 valence electrons. The molecule has 0 aliphatic carbocycles. The standard InChI is InChI=1S/C15H18N2O3S.H2O/c1-12-5-7-13(8-6-12)10-16-21(19,20)11-14-3-2-4-15(9-14)17-18;/h2-9,16-18H,10-11H2,1H3;1H2. The molecule has 2 aromatic rings. The van der Waals surface area contributed by atoms with E-state index < -0.39 is 10.0 Å². The quantitative estimate of drug-likeness (QED) is 0.701. The number of hydrogen-bond acceptors (Lipinski definition) is 4. The molecular formula is C15H20N2O4S. The van der Waals surface area contributed by atoms with Gasteiger partial charge in [-0.15, -0.1) is 0 Å². The number of sulfonamides is 1. The van der Waals surface area contributed by atoms with Crippen LogP contribution in [-0.4, -0.2) is 19.1 Å². The molecule has 2 aromatic carbocycles. The highest BCUT2D eigenvalue weighted by molar-refractivity contribution is 7.88. The lowest BCUT2D eigenvalue weighted by Crippen LogP contribution is -2.24. The van der Waals surface area contributed by atoms with Crippen molar-refractivity contribution in [3.8, 4) is 0 Å². The highest BCUT2D eigenvalue weighted by atomic mass is 32.2. The van der Waals surface area contributed by atoms with Crippen LogP contribution in [0.1, 0.15) is 16.7 Å². The van der Waals surface area contributed by atoms with E-state index in [9.17, 15) is 8.42 Å². The Labute approximate surface area is 130 Å². The van der Waals surface area contributed by atoms with Crippen LogP contribution >= 0.6 is 0 Å². The Morgan fingerprint density at radius 2 is 1.73 bits per heavy atom. The van der Waals surface area contributed by atoms with Gasteiger partial charge < -0.3 is 5.48 Å². The molecule has 0 aliphatic heterocycles. The third-order valence-corrected chi connectivity index (χ3v) is 4.33. The van der Waals surface area contributed by atoms with Crippen molar-refractivity contribution in [1.82, 2.24) is 4.72 Å². The molecule has 0 spiro atoms. The van der Waals surface area contributed by atoms with Crippen LogP contribution in [0.5, 0.6) is 0 Å². The summed E-state index contributed by atoms with van der Waals surface area (Å²) in [5.74, 6) is -0.131. The minimum atomic E-state index is -3.43. The second-order valence-corrected chi connectivity index (χ2v) is 6.68. The Kier molecular flexibility index (Phi) is 6.51. The molecule has 0 unspecified atom stereocenters. The zero-order valence-corrected chi connectivity index (χ0v) is 13.0. The molecule has 0 saturated heterocycles. The van der Waals surface area contributed by atoms with Crippen LogP contribution in [0, 0.1) is 6.92 Å². The maximum absolute atomic E-state index is 12.0. The van der Waals surface area contributed by atoms with Gasteiger partial charge in [0.15, 0.2) is 0 Å². The van der Waals surface area contributed by atoms with E-state index in [0.717, 1.165) is 11.1 Å². The summed E-state index contributed by atoms with van der Waals surface area (Å²) in [6, 6.07) is 14.3. The second-order valence-electron chi connectivity index (χ2n) is 4.88. The smallest absolute Gasteiger partial charge is 0.216 e. The molecule has 6 nitrogen and oxygen atoms in total. The number of rotatable bonds is 6. The van der Waals surface area contributed by atoms with Crippen molar-refractivity contribution in [1.29, 1.82) is 0 Å². The minimum absolute atomic E-state index is 0. The van der Waals surface area contributed by atoms with Gasteiger partial charge in [0.2, 0.25) is 10.0 Å². The van der Waals surface area contributed by atoms with Gasteiger partial charge in [-0.3, -0.25) is 10.7 Å². The number of aryl methyl sites for hydroxylation is 1. The van der Waals surface area contributed by atoms with Gasteiger partial charge in [0.1, 0.15) is 0 Å². The number of nitrogens with one attached hydrogen (secondary N) is 2. The fourth-order valence-corrected chi connectivity index (χ4v) is 3.01. The van der Waals surface area contributed by atoms with Gasteiger partial charge in [0.25, 0.3) is 0 Å². The molecule has 0 heterocycles. The van der Waals surface area contributed by atoms with Gasteiger partial charge in [-0.25, -0.2) is 13.1 Å². The van der Waals surface area contributed by atoms with E-state index in [-0.39, 0.29) is 17.8 Å². The summed E-state index contributed by atoms with van der Waals surface area (Å²) in [6.45, 7) is 2.25. The molecule has 5 N–H and O–H groups in total. The lowest BCUT2D eigenvalue weighted by molar-refractivity contribution is 0.389. The SMILES string of the molecule is Cc1ccc(CNS(=O)(=O)Cc2cccc(NO)c2)cc1.O. The summed E-state index contributed by atoms with van der Waals surface area (Å²) in [6.07, 6.45) is 0. The zero-order valence-electron chi connectivity index (χ0n) is 12.2. The van der Waals surface area contributed by atoms with Crippen LogP contribution < -0.4 is 10.2 Å². The fourth-order valence-electron chi connectivity index (χ4n) is 1.90. The van der Waals surface area contributed by atoms with Crippen molar-refractivity contribution >= 4 is 15.7 Å². The molecule has 0 bridgehead atoms. The van der Waals surface area contributed by atoms with Crippen molar-refractivity contribution in [3.63, 3.8) is 0 Å². The first-order chi connectivity index (χ1) is 9.98. The molecular weight excluding hydrogens is 304 g/mol. The van der Waals surface area contributed by atoms with Crippen molar-refractivity contribution in [2.45, 2.75) is 19.2 Å². The average molecular weight is 324 g/mol. The minimum Gasteiger partial charge on any atom is -0.412 e. The molecule has 0 amide bonds. The van der Waals surface area contributed by atoms with Crippen LogP contribution in [-0.2, 0) is 22.3 Å². The van der Waals surface area contributed by atoms with Gasteiger partial charge in [0, 0.05) is 6.54 Å². The average Bonchev–Trinajstić information content (AvgIpc) is 2.46. The highest BCUT2D eigenvalue weighted by Gasteiger charge is 2.11. The number of anilines is 1. The Morgan fingerprint density at radius 1 is 1.05 bits per heavy atom. The number of benzene rings is 2. The Bertz CT molecular complexity index is 700. The molecule has 22 heavy (non-hydrogen) atoms. The van der Waals surface area contributed by atoms with E-state index >= 15 is 0 Å². The summed E-state index contributed by atoms with van der Waals surface area (Å²) in [7, 11) is -3.43. The van der Waals surface area contributed by atoms with Crippen molar-refractivity contribution in [2.24, 2.45) is 0 Å². The lowest BCUT2D eigenvalue weighted by Gasteiger charge is -2.08. The van der Waals surface area contributed by atoms with E-state index in [2.05, 4.69) is 4.72 Å². The van der Waals surface area contributed by atoms with Crippen LogP contribution in [0.2, 0.25) is 0 Å². The van der Waals surface area contributed by atoms with Gasteiger partial charge in [-0.1, -0.05) is 42.0 Å². The topological polar surface area (TPSA) is 110 Å². The van der Waals surface area contributed by atoms with Gasteiger partial charge in [-0.2, -0.15) is 0 Å². The van der Waals surface area contributed by atoms with Crippen LogP contribution in [0.3, 0.4) is 0 Å². The molecule has 7 heteroatoms. The summed E-state index contributed by atoms with van der Waals surface area (Å²) in [4.78, 5) is 0. The summed E-state index contributed by atoms with van der Waals surface area (Å²) >= 11 is 0. The predicted octanol–water partition coefficient (Wildman–Crippen LogP) is 1.59. The van der Waals surface area contributed by atoms with E-state index in [1.807, 2.05) is 36.7 Å². The summed E-state index contributed by atoms with van der Waals surface area (Å²) in [5, 5.41) is 8.82. The van der Waals surface area contributed by atoms with Crippen LogP contribution in [0.4, 0.5) is 5.69 Å². The van der Waals surface area contributed by atoms with Crippen LogP contribution in [0.15, 0.2) is 48.5 Å². The highest BCUT2D eigenvalue weighted by Crippen LogP contribution is 2.12. The van der Waals surface area contributed by atoms with Crippen molar-refractivity contribution in [2.75, 3.05) is 5.48 Å². The molecule has 2 rings (SSSR count). The zero-order chi connectivity index (χ0) is 15.3. The first-order valence-corrected chi connectivity index (χ1v) is 8.16. The maximum atomic E-state index is 12.0. The normalized spacial score (nSPS) is 10.8.